The van der Waals surface area contributed by atoms with E-state index in [1.165, 1.54) is 18.2 Å². The van der Waals surface area contributed by atoms with E-state index in [1.807, 2.05) is 5.32 Å². The van der Waals surface area contributed by atoms with E-state index in [9.17, 15) is 22.8 Å². The summed E-state index contributed by atoms with van der Waals surface area (Å²) in [5.74, 6) is -2.20. The fraction of sp³-hybridized carbons (Fsp3) is 0.467. The lowest BCUT2D eigenvalue weighted by Gasteiger charge is -2.28. The van der Waals surface area contributed by atoms with Crippen LogP contribution in [0.3, 0.4) is 0 Å². The fourth-order valence-electron chi connectivity index (χ4n) is 1.90. The number of hydrogen-bond acceptors (Lipinski definition) is 2. The number of carbonyl (C=O) groups is 2. The average Bonchev–Trinajstić information content (AvgIpc) is 2.35. The highest BCUT2D eigenvalue weighted by Gasteiger charge is 2.42. The van der Waals surface area contributed by atoms with Crippen LogP contribution in [0.5, 0.6) is 0 Å². The summed E-state index contributed by atoms with van der Waals surface area (Å²) in [5, 5.41) is 10.8. The molecule has 1 amide bonds. The molecule has 1 atom stereocenters. The number of aromatic carboxylic acids is 1. The molecule has 0 spiro atoms. The Morgan fingerprint density at radius 1 is 1.18 bits per heavy atom. The van der Waals surface area contributed by atoms with E-state index in [0.717, 1.165) is 6.07 Å². The van der Waals surface area contributed by atoms with E-state index in [0.29, 0.717) is 0 Å². The van der Waals surface area contributed by atoms with Crippen LogP contribution in [0.2, 0.25) is 0 Å². The third kappa shape index (κ3) is 5.38. The van der Waals surface area contributed by atoms with Crippen LogP contribution in [0.4, 0.5) is 13.2 Å². The first-order valence-corrected chi connectivity index (χ1v) is 6.61. The van der Waals surface area contributed by atoms with Crippen molar-refractivity contribution in [3.63, 3.8) is 0 Å². The van der Waals surface area contributed by atoms with E-state index < -0.39 is 29.5 Å². The van der Waals surface area contributed by atoms with Crippen LogP contribution < -0.4 is 5.32 Å². The van der Waals surface area contributed by atoms with E-state index >= 15 is 0 Å². The summed E-state index contributed by atoms with van der Waals surface area (Å²) in [7, 11) is 0. The maximum absolute atomic E-state index is 13.0. The molecule has 0 aliphatic carbocycles. The number of benzene rings is 1. The molecule has 0 saturated carbocycles. The van der Waals surface area contributed by atoms with Crippen LogP contribution in [-0.2, 0) is 0 Å². The van der Waals surface area contributed by atoms with E-state index in [-0.39, 0.29) is 17.5 Å². The van der Waals surface area contributed by atoms with Gasteiger partial charge in [-0.15, -0.1) is 0 Å². The minimum absolute atomic E-state index is 0.122. The predicted octanol–water partition coefficient (Wildman–Crippen LogP) is 3.48. The molecule has 0 aliphatic rings. The zero-order valence-electron chi connectivity index (χ0n) is 12.5. The number of rotatable bonds is 4. The number of alkyl halides is 3. The number of carboxylic acids is 1. The third-order valence-corrected chi connectivity index (χ3v) is 2.89. The van der Waals surface area contributed by atoms with Gasteiger partial charge in [0.2, 0.25) is 0 Å². The second-order valence-electron chi connectivity index (χ2n) is 6.22. The van der Waals surface area contributed by atoms with E-state index in [2.05, 4.69) is 0 Å². The van der Waals surface area contributed by atoms with Gasteiger partial charge < -0.3 is 10.4 Å². The predicted molar refractivity (Wildman–Crippen MR) is 74.8 cm³/mol. The first-order chi connectivity index (χ1) is 9.90. The van der Waals surface area contributed by atoms with Crippen LogP contribution in [0.25, 0.3) is 0 Å². The molecule has 7 heteroatoms. The maximum Gasteiger partial charge on any atom is 0.408 e. The molecule has 0 saturated heterocycles. The standard InChI is InChI=1S/C15H18F3NO3/c1-14(2,3)8-11(15(16,17)18)19-12(20)9-5-4-6-10(7-9)13(21)22/h4-7,11H,8H2,1-3H3,(H,19,20)(H,21,22). The van der Waals surface area contributed by atoms with Gasteiger partial charge in [-0.1, -0.05) is 26.8 Å². The Kier molecular flexibility index (Phi) is 5.22. The zero-order chi connectivity index (χ0) is 17.1. The molecular formula is C15H18F3NO3. The Labute approximate surface area is 126 Å². The van der Waals surface area contributed by atoms with E-state index in [1.54, 1.807) is 20.8 Å². The first-order valence-electron chi connectivity index (χ1n) is 6.61. The number of amides is 1. The topological polar surface area (TPSA) is 66.4 Å². The van der Waals surface area contributed by atoms with Gasteiger partial charge >= 0.3 is 12.1 Å². The number of hydrogen-bond donors (Lipinski definition) is 2. The Bertz CT molecular complexity index is 562. The summed E-state index contributed by atoms with van der Waals surface area (Å²) in [6, 6.07) is 2.89. The minimum Gasteiger partial charge on any atom is -0.478 e. The van der Waals surface area contributed by atoms with Crippen molar-refractivity contribution < 1.29 is 27.9 Å². The van der Waals surface area contributed by atoms with Crippen molar-refractivity contribution in [2.45, 2.75) is 39.4 Å². The van der Waals surface area contributed by atoms with Crippen LogP contribution >= 0.6 is 0 Å². The largest absolute Gasteiger partial charge is 0.478 e. The van der Waals surface area contributed by atoms with Crippen LogP contribution in [0, 0.1) is 5.41 Å². The Morgan fingerprint density at radius 2 is 1.73 bits per heavy atom. The van der Waals surface area contributed by atoms with Gasteiger partial charge in [0.15, 0.2) is 0 Å². The summed E-state index contributed by atoms with van der Waals surface area (Å²) in [5.41, 5.74) is -0.911. The highest BCUT2D eigenvalue weighted by molar-refractivity contribution is 5.97. The average molecular weight is 317 g/mol. The summed E-state index contributed by atoms with van der Waals surface area (Å²) >= 11 is 0. The van der Waals surface area contributed by atoms with Crippen molar-refractivity contribution in [3.05, 3.63) is 35.4 Å². The van der Waals surface area contributed by atoms with Gasteiger partial charge in [0.1, 0.15) is 6.04 Å². The fourth-order valence-corrected chi connectivity index (χ4v) is 1.90. The van der Waals surface area contributed by atoms with Crippen molar-refractivity contribution in [2.75, 3.05) is 0 Å². The smallest absolute Gasteiger partial charge is 0.408 e. The summed E-state index contributed by atoms with van der Waals surface area (Å²) in [4.78, 5) is 22.8. The highest BCUT2D eigenvalue weighted by atomic mass is 19.4. The van der Waals surface area contributed by atoms with Gasteiger partial charge in [-0.2, -0.15) is 13.2 Å². The molecule has 4 nitrogen and oxygen atoms in total. The van der Waals surface area contributed by atoms with Gasteiger partial charge in [0.25, 0.3) is 5.91 Å². The highest BCUT2D eigenvalue weighted by Crippen LogP contribution is 2.30. The van der Waals surface area contributed by atoms with Crippen molar-refractivity contribution in [1.29, 1.82) is 0 Å². The third-order valence-electron chi connectivity index (χ3n) is 2.89. The molecule has 1 aromatic carbocycles. The van der Waals surface area contributed by atoms with Gasteiger partial charge in [-0.05, 0) is 30.0 Å². The van der Waals surface area contributed by atoms with Gasteiger partial charge in [-0.25, -0.2) is 4.79 Å². The summed E-state index contributed by atoms with van der Waals surface area (Å²) in [6.45, 7) is 4.93. The molecule has 0 aliphatic heterocycles. The molecule has 1 aromatic rings. The number of halogens is 3. The Morgan fingerprint density at radius 3 is 2.18 bits per heavy atom. The number of carboxylic acid groups (broad SMARTS) is 1. The number of carbonyl (C=O) groups excluding carboxylic acids is 1. The Hall–Kier alpha value is -2.05. The SMILES string of the molecule is CC(C)(C)CC(NC(=O)c1cccc(C(=O)O)c1)C(F)(F)F. The summed E-state index contributed by atoms with van der Waals surface area (Å²) in [6.07, 6.45) is -4.85. The molecule has 0 fully saturated rings. The molecule has 0 bridgehead atoms. The molecule has 122 valence electrons. The maximum atomic E-state index is 13.0. The second-order valence-corrected chi connectivity index (χ2v) is 6.22. The molecule has 0 heterocycles. The quantitative estimate of drug-likeness (QED) is 0.893. The molecule has 0 aromatic heterocycles. The minimum atomic E-state index is -4.58. The normalized spacial score (nSPS) is 13.5. The monoisotopic (exact) mass is 317 g/mol. The lowest BCUT2D eigenvalue weighted by atomic mass is 9.87. The first kappa shape index (κ1) is 18.0. The molecule has 1 rings (SSSR count). The van der Waals surface area contributed by atoms with Gasteiger partial charge in [0.05, 0.1) is 5.56 Å². The number of nitrogens with one attached hydrogen (secondary N) is 1. The van der Waals surface area contributed by atoms with E-state index in [4.69, 9.17) is 5.11 Å². The molecular weight excluding hydrogens is 299 g/mol. The second kappa shape index (κ2) is 6.37. The van der Waals surface area contributed by atoms with Gasteiger partial charge in [0, 0.05) is 5.56 Å². The van der Waals surface area contributed by atoms with Crippen molar-refractivity contribution in [1.82, 2.24) is 5.32 Å². The van der Waals surface area contributed by atoms with Crippen molar-refractivity contribution in [2.24, 2.45) is 5.41 Å². The van der Waals surface area contributed by atoms with Crippen molar-refractivity contribution >= 4 is 11.9 Å². The lowest BCUT2D eigenvalue weighted by molar-refractivity contribution is -0.159. The molecule has 1 unspecified atom stereocenters. The van der Waals surface area contributed by atoms with Gasteiger partial charge in [-0.3, -0.25) is 4.79 Å². The van der Waals surface area contributed by atoms with Crippen LogP contribution in [0.1, 0.15) is 47.9 Å². The summed E-state index contributed by atoms with van der Waals surface area (Å²) < 4.78 is 39.1. The van der Waals surface area contributed by atoms with Crippen molar-refractivity contribution in [3.8, 4) is 0 Å². The Balaban J connectivity index is 2.96. The lowest BCUT2D eigenvalue weighted by Crippen LogP contribution is -2.47. The van der Waals surface area contributed by atoms with Crippen LogP contribution in [-0.4, -0.2) is 29.2 Å². The zero-order valence-corrected chi connectivity index (χ0v) is 12.5. The molecule has 2 N–H and O–H groups in total. The van der Waals surface area contributed by atoms with Crippen LogP contribution in [0.15, 0.2) is 24.3 Å². The molecule has 0 radical (unpaired) electrons. The molecule has 22 heavy (non-hydrogen) atoms.